The van der Waals surface area contributed by atoms with E-state index < -0.39 is 0 Å². The number of anilines is 1. The summed E-state index contributed by atoms with van der Waals surface area (Å²) >= 11 is 6.03. The molecule has 1 aliphatic rings. The fourth-order valence-corrected chi connectivity index (χ4v) is 1.68. The Bertz CT molecular complexity index is 322. The molecular formula is C10H11ClN2. The molecule has 0 radical (unpaired) electrons. The molecule has 68 valence electrons. The van der Waals surface area contributed by atoms with E-state index in [0.29, 0.717) is 0 Å². The lowest BCUT2D eigenvalue weighted by Gasteiger charge is -2.24. The second-order valence-corrected chi connectivity index (χ2v) is 3.42. The molecule has 0 spiro atoms. The summed E-state index contributed by atoms with van der Waals surface area (Å²) in [6.07, 6.45) is 7.19. The molecule has 0 amide bonds. The first-order chi connectivity index (χ1) is 6.38. The van der Waals surface area contributed by atoms with Crippen molar-refractivity contribution in [1.29, 1.82) is 0 Å². The summed E-state index contributed by atoms with van der Waals surface area (Å²) in [7, 11) is 0. The summed E-state index contributed by atoms with van der Waals surface area (Å²) in [6.45, 7) is 1.92. The number of hydrogen-bond donors (Lipinski definition) is 0. The van der Waals surface area contributed by atoms with Crippen molar-refractivity contribution in [2.45, 2.75) is 6.42 Å². The number of rotatable bonds is 1. The molecule has 1 aromatic rings. The average molecular weight is 195 g/mol. The highest BCUT2D eigenvalue weighted by molar-refractivity contribution is 6.32. The standard InChI is InChI=1S/C10H11ClN2/c11-9-5-4-6-12-10(9)13-7-2-1-3-8-13/h1-2,4-6H,3,7-8H2. The molecule has 13 heavy (non-hydrogen) atoms. The third-order valence-electron chi connectivity index (χ3n) is 2.10. The van der Waals surface area contributed by atoms with Gasteiger partial charge in [0.25, 0.3) is 0 Å². The normalized spacial score (nSPS) is 16.2. The lowest BCUT2D eigenvalue weighted by atomic mass is 10.2. The van der Waals surface area contributed by atoms with Crippen molar-refractivity contribution in [3.63, 3.8) is 0 Å². The number of aromatic nitrogens is 1. The van der Waals surface area contributed by atoms with Gasteiger partial charge in [-0.3, -0.25) is 0 Å². The molecule has 0 unspecified atom stereocenters. The van der Waals surface area contributed by atoms with Gasteiger partial charge >= 0.3 is 0 Å². The molecule has 0 N–H and O–H groups in total. The highest BCUT2D eigenvalue weighted by Gasteiger charge is 2.10. The monoisotopic (exact) mass is 194 g/mol. The minimum absolute atomic E-state index is 0.734. The van der Waals surface area contributed by atoms with E-state index in [1.165, 1.54) is 0 Å². The van der Waals surface area contributed by atoms with E-state index in [0.717, 1.165) is 30.4 Å². The van der Waals surface area contributed by atoms with Gasteiger partial charge in [0.15, 0.2) is 0 Å². The molecule has 1 aromatic heterocycles. The number of halogens is 1. The van der Waals surface area contributed by atoms with Crippen molar-refractivity contribution < 1.29 is 0 Å². The number of nitrogens with zero attached hydrogens (tertiary/aromatic N) is 2. The summed E-state index contributed by atoms with van der Waals surface area (Å²) < 4.78 is 0. The van der Waals surface area contributed by atoms with Gasteiger partial charge in [-0.2, -0.15) is 0 Å². The van der Waals surface area contributed by atoms with E-state index in [9.17, 15) is 0 Å². The lowest BCUT2D eigenvalue weighted by Crippen LogP contribution is -2.27. The molecule has 0 aromatic carbocycles. The van der Waals surface area contributed by atoms with Crippen LogP contribution in [0.1, 0.15) is 6.42 Å². The molecule has 2 heterocycles. The van der Waals surface area contributed by atoms with Crippen molar-refractivity contribution in [1.82, 2.24) is 4.98 Å². The van der Waals surface area contributed by atoms with Gasteiger partial charge in [0.1, 0.15) is 5.82 Å². The lowest BCUT2D eigenvalue weighted by molar-refractivity contribution is 0.806. The molecule has 0 saturated carbocycles. The van der Waals surface area contributed by atoms with Gasteiger partial charge in [0, 0.05) is 19.3 Å². The van der Waals surface area contributed by atoms with Gasteiger partial charge in [-0.05, 0) is 18.6 Å². The molecular weight excluding hydrogens is 184 g/mol. The van der Waals surface area contributed by atoms with E-state index in [-0.39, 0.29) is 0 Å². The molecule has 2 nitrogen and oxygen atoms in total. The Balaban J connectivity index is 2.24. The zero-order chi connectivity index (χ0) is 9.10. The summed E-state index contributed by atoms with van der Waals surface area (Å²) in [5.41, 5.74) is 0. The van der Waals surface area contributed by atoms with Gasteiger partial charge in [0.2, 0.25) is 0 Å². The third kappa shape index (κ3) is 1.83. The SMILES string of the molecule is Clc1cccnc1N1CC=CCC1. The van der Waals surface area contributed by atoms with E-state index in [2.05, 4.69) is 22.0 Å². The number of pyridine rings is 1. The van der Waals surface area contributed by atoms with E-state index >= 15 is 0 Å². The molecule has 0 fully saturated rings. The first kappa shape index (κ1) is 8.57. The van der Waals surface area contributed by atoms with Crippen molar-refractivity contribution in [3.8, 4) is 0 Å². The van der Waals surface area contributed by atoms with Crippen LogP contribution in [0.2, 0.25) is 5.02 Å². The van der Waals surface area contributed by atoms with Gasteiger partial charge in [-0.15, -0.1) is 0 Å². The largest absolute Gasteiger partial charge is 0.351 e. The molecule has 0 bridgehead atoms. The number of hydrogen-bond acceptors (Lipinski definition) is 2. The van der Waals surface area contributed by atoms with Crippen molar-refractivity contribution in [2.75, 3.05) is 18.0 Å². The first-order valence-electron chi connectivity index (χ1n) is 4.38. The summed E-state index contributed by atoms with van der Waals surface area (Å²) in [4.78, 5) is 6.44. The van der Waals surface area contributed by atoms with Crippen LogP contribution in [0, 0.1) is 0 Å². The molecule has 3 heteroatoms. The highest BCUT2D eigenvalue weighted by Crippen LogP contribution is 2.23. The van der Waals surface area contributed by atoms with E-state index in [1.807, 2.05) is 12.1 Å². The van der Waals surface area contributed by atoms with Gasteiger partial charge in [0.05, 0.1) is 5.02 Å². The van der Waals surface area contributed by atoms with Crippen LogP contribution in [0.4, 0.5) is 5.82 Å². The zero-order valence-corrected chi connectivity index (χ0v) is 8.04. The minimum atomic E-state index is 0.734. The second-order valence-electron chi connectivity index (χ2n) is 3.01. The first-order valence-corrected chi connectivity index (χ1v) is 4.76. The summed E-state index contributed by atoms with van der Waals surface area (Å²) in [5.74, 6) is 0.897. The fourth-order valence-electron chi connectivity index (χ4n) is 1.44. The predicted octanol–water partition coefficient (Wildman–Crippen LogP) is 2.50. The van der Waals surface area contributed by atoms with Crippen molar-refractivity contribution >= 4 is 17.4 Å². The highest BCUT2D eigenvalue weighted by atomic mass is 35.5. The van der Waals surface area contributed by atoms with Crippen LogP contribution >= 0.6 is 11.6 Å². The average Bonchev–Trinajstić information content (AvgIpc) is 2.20. The molecule has 0 aliphatic carbocycles. The third-order valence-corrected chi connectivity index (χ3v) is 2.39. The Kier molecular flexibility index (Phi) is 2.50. The maximum Gasteiger partial charge on any atom is 0.147 e. The summed E-state index contributed by atoms with van der Waals surface area (Å²) in [5, 5.41) is 0.734. The van der Waals surface area contributed by atoms with Crippen LogP contribution in [0.5, 0.6) is 0 Å². The Morgan fingerprint density at radius 1 is 1.38 bits per heavy atom. The Labute approximate surface area is 82.8 Å². The predicted molar refractivity (Wildman–Crippen MR) is 55.2 cm³/mol. The van der Waals surface area contributed by atoms with Crippen LogP contribution in [-0.2, 0) is 0 Å². The van der Waals surface area contributed by atoms with Gasteiger partial charge in [-0.25, -0.2) is 4.98 Å². The Morgan fingerprint density at radius 2 is 2.31 bits per heavy atom. The molecule has 0 atom stereocenters. The smallest absolute Gasteiger partial charge is 0.147 e. The molecule has 0 saturated heterocycles. The maximum absolute atomic E-state index is 6.03. The van der Waals surface area contributed by atoms with Crippen LogP contribution in [0.15, 0.2) is 30.5 Å². The topological polar surface area (TPSA) is 16.1 Å². The van der Waals surface area contributed by atoms with Crippen LogP contribution < -0.4 is 4.90 Å². The van der Waals surface area contributed by atoms with E-state index in [4.69, 9.17) is 11.6 Å². The van der Waals surface area contributed by atoms with Crippen LogP contribution in [-0.4, -0.2) is 18.1 Å². The molecule has 2 rings (SSSR count). The van der Waals surface area contributed by atoms with Gasteiger partial charge in [-0.1, -0.05) is 23.8 Å². The fraction of sp³-hybridized carbons (Fsp3) is 0.300. The molecule has 1 aliphatic heterocycles. The maximum atomic E-state index is 6.03. The Hall–Kier alpha value is -1.02. The minimum Gasteiger partial charge on any atom is -0.351 e. The Morgan fingerprint density at radius 3 is 3.00 bits per heavy atom. The quantitative estimate of drug-likeness (QED) is 0.639. The second kappa shape index (κ2) is 3.79. The van der Waals surface area contributed by atoms with Crippen molar-refractivity contribution in [3.05, 3.63) is 35.5 Å². The zero-order valence-electron chi connectivity index (χ0n) is 7.28. The van der Waals surface area contributed by atoms with E-state index in [1.54, 1.807) is 6.20 Å². The van der Waals surface area contributed by atoms with Crippen LogP contribution in [0.25, 0.3) is 0 Å². The summed E-state index contributed by atoms with van der Waals surface area (Å²) in [6, 6.07) is 3.73. The van der Waals surface area contributed by atoms with Gasteiger partial charge < -0.3 is 4.90 Å². The van der Waals surface area contributed by atoms with Crippen LogP contribution in [0.3, 0.4) is 0 Å². The van der Waals surface area contributed by atoms with Crippen molar-refractivity contribution in [2.24, 2.45) is 0 Å².